The molecule has 0 amide bonds. The lowest BCUT2D eigenvalue weighted by atomic mass is 10.2. The molecule has 0 aromatic heterocycles. The van der Waals surface area contributed by atoms with Gasteiger partial charge in [0, 0.05) is 6.08 Å². The predicted octanol–water partition coefficient (Wildman–Crippen LogP) is -1.43. The van der Waals surface area contributed by atoms with Gasteiger partial charge >= 0.3 is 11.9 Å². The Labute approximate surface area is 74.4 Å². The minimum atomic E-state index is -2.80. The highest BCUT2D eigenvalue weighted by Crippen LogP contribution is 2.03. The molecule has 0 radical (unpaired) electrons. The fourth-order valence-corrected chi connectivity index (χ4v) is 0.471. The fraction of sp³-hybridized carbons (Fsp3) is 0.429. The molecule has 0 aliphatic rings. The molecule has 13 heavy (non-hydrogen) atoms. The van der Waals surface area contributed by atoms with E-state index in [9.17, 15) is 9.59 Å². The van der Waals surface area contributed by atoms with Crippen molar-refractivity contribution >= 4 is 11.9 Å². The quantitative estimate of drug-likeness (QED) is 0.322. The van der Waals surface area contributed by atoms with Gasteiger partial charge in [0.25, 0.3) is 5.79 Å². The topological polar surface area (TPSA) is 93.1 Å². The second-order valence-corrected chi connectivity index (χ2v) is 2.07. The summed E-state index contributed by atoms with van der Waals surface area (Å²) in [7, 11) is 2.09. The average Bonchev–Trinajstić information content (AvgIpc) is 2.12. The molecule has 6 heteroatoms. The highest BCUT2D eigenvalue weighted by molar-refractivity contribution is 5.85. The van der Waals surface area contributed by atoms with Crippen molar-refractivity contribution in [3.05, 3.63) is 12.2 Å². The van der Waals surface area contributed by atoms with Crippen LogP contribution in [0.3, 0.4) is 0 Å². The smallest absolute Gasteiger partial charge is 0.370 e. The Morgan fingerprint density at radius 3 is 2.15 bits per heavy atom. The molecule has 0 fully saturated rings. The Morgan fingerprint density at radius 2 is 1.77 bits per heavy atom. The van der Waals surface area contributed by atoms with E-state index >= 15 is 0 Å². The van der Waals surface area contributed by atoms with Gasteiger partial charge in [0.15, 0.2) is 0 Å². The maximum absolute atomic E-state index is 10.6. The monoisotopic (exact) mass is 190 g/mol. The lowest BCUT2D eigenvalue weighted by molar-refractivity contribution is -0.190. The Bertz CT molecular complexity index is 229. The van der Waals surface area contributed by atoms with E-state index in [1.165, 1.54) is 0 Å². The van der Waals surface area contributed by atoms with Crippen molar-refractivity contribution in [2.24, 2.45) is 0 Å². The van der Waals surface area contributed by atoms with E-state index in [-0.39, 0.29) is 0 Å². The SMILES string of the molecule is COC(=O)/C=C/C(O)(O)C(=O)OC. The van der Waals surface area contributed by atoms with Crippen LogP contribution in [0.25, 0.3) is 0 Å². The first-order chi connectivity index (χ1) is 5.94. The number of ether oxygens (including phenoxy) is 2. The first kappa shape index (κ1) is 11.6. The zero-order chi connectivity index (χ0) is 10.5. The van der Waals surface area contributed by atoms with Gasteiger partial charge in [-0.1, -0.05) is 0 Å². The molecule has 0 aromatic carbocycles. The normalized spacial score (nSPS) is 11.4. The lowest BCUT2D eigenvalue weighted by Gasteiger charge is -2.12. The molecule has 0 spiro atoms. The summed E-state index contributed by atoms with van der Waals surface area (Å²) in [5, 5.41) is 17.8. The van der Waals surface area contributed by atoms with Crippen molar-refractivity contribution in [1.82, 2.24) is 0 Å². The highest BCUT2D eigenvalue weighted by Gasteiger charge is 2.31. The van der Waals surface area contributed by atoms with E-state index < -0.39 is 17.7 Å². The molecule has 2 N–H and O–H groups in total. The molecule has 0 heterocycles. The Morgan fingerprint density at radius 1 is 1.23 bits per heavy atom. The third kappa shape index (κ3) is 3.68. The van der Waals surface area contributed by atoms with Crippen molar-refractivity contribution in [3.63, 3.8) is 0 Å². The number of aliphatic hydroxyl groups is 2. The third-order valence-electron chi connectivity index (χ3n) is 1.14. The molecule has 0 unspecified atom stereocenters. The van der Waals surface area contributed by atoms with Gasteiger partial charge < -0.3 is 19.7 Å². The lowest BCUT2D eigenvalue weighted by Crippen LogP contribution is -2.37. The summed E-state index contributed by atoms with van der Waals surface area (Å²) < 4.78 is 8.20. The summed E-state index contributed by atoms with van der Waals surface area (Å²) >= 11 is 0. The largest absolute Gasteiger partial charge is 0.466 e. The van der Waals surface area contributed by atoms with Crippen LogP contribution in [0, 0.1) is 0 Å². The molecule has 0 atom stereocenters. The standard InChI is InChI=1S/C7H10O6/c1-12-5(8)3-4-7(10,11)6(9)13-2/h3-4,10-11H,1-2H3/b4-3+. The summed E-state index contributed by atoms with van der Waals surface area (Å²) in [6.07, 6.45) is 1.27. The number of methoxy groups -OCH3 is 2. The van der Waals surface area contributed by atoms with Crippen LogP contribution in [0.4, 0.5) is 0 Å². The van der Waals surface area contributed by atoms with Crippen LogP contribution in [0.15, 0.2) is 12.2 Å². The van der Waals surface area contributed by atoms with Crippen LogP contribution in [0.1, 0.15) is 0 Å². The molecule has 6 nitrogen and oxygen atoms in total. The van der Waals surface area contributed by atoms with Gasteiger partial charge in [-0.25, -0.2) is 9.59 Å². The molecule has 0 bridgehead atoms. The average molecular weight is 190 g/mol. The van der Waals surface area contributed by atoms with Crippen molar-refractivity contribution < 1.29 is 29.3 Å². The van der Waals surface area contributed by atoms with E-state index in [0.29, 0.717) is 12.2 Å². The van der Waals surface area contributed by atoms with Crippen LogP contribution in [-0.4, -0.2) is 42.2 Å². The Hall–Kier alpha value is -1.40. The van der Waals surface area contributed by atoms with Crippen LogP contribution < -0.4 is 0 Å². The van der Waals surface area contributed by atoms with Gasteiger partial charge in [0.1, 0.15) is 0 Å². The van der Waals surface area contributed by atoms with Crippen molar-refractivity contribution in [1.29, 1.82) is 0 Å². The molecule has 74 valence electrons. The minimum absolute atomic E-state index is 0.560. The number of hydrogen-bond donors (Lipinski definition) is 2. The van der Waals surface area contributed by atoms with E-state index in [0.717, 1.165) is 14.2 Å². The molecule has 0 aliphatic carbocycles. The number of carbonyl (C=O) groups excluding carboxylic acids is 2. The highest BCUT2D eigenvalue weighted by atomic mass is 16.6. The second kappa shape index (κ2) is 4.58. The fourth-order valence-electron chi connectivity index (χ4n) is 0.471. The first-order valence-corrected chi connectivity index (χ1v) is 3.24. The molecule has 0 saturated carbocycles. The van der Waals surface area contributed by atoms with Crippen molar-refractivity contribution in [2.75, 3.05) is 14.2 Å². The van der Waals surface area contributed by atoms with E-state index in [2.05, 4.69) is 9.47 Å². The van der Waals surface area contributed by atoms with Gasteiger partial charge in [-0.15, -0.1) is 0 Å². The predicted molar refractivity (Wildman–Crippen MR) is 40.3 cm³/mol. The second-order valence-electron chi connectivity index (χ2n) is 2.07. The summed E-state index contributed by atoms with van der Waals surface area (Å²) in [6, 6.07) is 0. The number of hydrogen-bond acceptors (Lipinski definition) is 6. The van der Waals surface area contributed by atoms with Crippen molar-refractivity contribution in [2.45, 2.75) is 5.79 Å². The summed E-state index contributed by atoms with van der Waals surface area (Å²) in [5.74, 6) is -4.90. The maximum Gasteiger partial charge on any atom is 0.370 e. The number of rotatable bonds is 3. The first-order valence-electron chi connectivity index (χ1n) is 3.24. The zero-order valence-corrected chi connectivity index (χ0v) is 7.18. The van der Waals surface area contributed by atoms with Gasteiger partial charge in [-0.05, 0) is 6.08 Å². The molecule has 0 rings (SSSR count). The summed E-state index contributed by atoms with van der Waals surface area (Å²) in [4.78, 5) is 21.1. The maximum atomic E-state index is 10.6. The van der Waals surface area contributed by atoms with Crippen molar-refractivity contribution in [3.8, 4) is 0 Å². The van der Waals surface area contributed by atoms with Crippen LogP contribution in [0.2, 0.25) is 0 Å². The number of carbonyl (C=O) groups is 2. The van der Waals surface area contributed by atoms with Crippen LogP contribution in [-0.2, 0) is 19.1 Å². The van der Waals surface area contributed by atoms with Gasteiger partial charge in [-0.3, -0.25) is 0 Å². The Balaban J connectivity index is 4.40. The number of esters is 2. The summed E-state index contributed by atoms with van der Waals surface area (Å²) in [5.41, 5.74) is 0. The third-order valence-corrected chi connectivity index (χ3v) is 1.14. The van der Waals surface area contributed by atoms with Crippen LogP contribution >= 0.6 is 0 Å². The Kier molecular flexibility index (Phi) is 4.09. The molecule has 0 aromatic rings. The van der Waals surface area contributed by atoms with Gasteiger partial charge in [0.05, 0.1) is 14.2 Å². The van der Waals surface area contributed by atoms with E-state index in [1.54, 1.807) is 0 Å². The molecule has 0 aliphatic heterocycles. The minimum Gasteiger partial charge on any atom is -0.466 e. The van der Waals surface area contributed by atoms with Crippen LogP contribution in [0.5, 0.6) is 0 Å². The zero-order valence-electron chi connectivity index (χ0n) is 7.18. The van der Waals surface area contributed by atoms with Gasteiger partial charge in [-0.2, -0.15) is 0 Å². The van der Waals surface area contributed by atoms with E-state index in [1.807, 2.05) is 0 Å². The van der Waals surface area contributed by atoms with E-state index in [4.69, 9.17) is 10.2 Å². The summed E-state index contributed by atoms with van der Waals surface area (Å²) in [6.45, 7) is 0. The molecule has 0 saturated heterocycles. The van der Waals surface area contributed by atoms with Gasteiger partial charge in [0.2, 0.25) is 0 Å². The molecular formula is C7H10O6. The molecular weight excluding hydrogens is 180 g/mol.